The van der Waals surface area contributed by atoms with Gasteiger partial charge in [-0.25, -0.2) is 4.79 Å². The highest BCUT2D eigenvalue weighted by atomic mass is 16.6. The zero-order valence-corrected chi connectivity index (χ0v) is 10.4. The molecule has 0 atom stereocenters. The maximum absolute atomic E-state index is 11.7. The summed E-state index contributed by atoms with van der Waals surface area (Å²) >= 11 is 0. The van der Waals surface area contributed by atoms with Crippen LogP contribution in [0.2, 0.25) is 0 Å². The fraction of sp³-hybridized carbons (Fsp3) is 0.154. The Balaban J connectivity index is 2.90. The van der Waals surface area contributed by atoms with Crippen LogP contribution in [0.3, 0.4) is 0 Å². The molecule has 0 aromatic heterocycles. The van der Waals surface area contributed by atoms with Crippen molar-refractivity contribution < 1.29 is 19.2 Å². The van der Waals surface area contributed by atoms with E-state index in [1.807, 2.05) is 0 Å². The summed E-state index contributed by atoms with van der Waals surface area (Å²) in [5.41, 5.74) is -0.118. The molecule has 0 heterocycles. The molecular weight excluding hydrogens is 250 g/mol. The van der Waals surface area contributed by atoms with Crippen molar-refractivity contribution in [2.24, 2.45) is 0 Å². The molecule has 0 bridgehead atoms. The van der Waals surface area contributed by atoms with Gasteiger partial charge in [0.1, 0.15) is 11.3 Å². The van der Waals surface area contributed by atoms with E-state index in [4.69, 9.17) is 4.74 Å². The number of nitro benzene ring substituents is 1. The molecule has 2 rings (SSSR count). The third kappa shape index (κ3) is 2.08. The Labute approximate surface area is 108 Å². The molecule has 0 unspecified atom stereocenters. The van der Waals surface area contributed by atoms with Crippen LogP contribution in [-0.4, -0.2) is 25.1 Å². The third-order valence-electron chi connectivity index (χ3n) is 2.78. The molecular formula is C13H11NO5. The molecule has 6 nitrogen and oxygen atoms in total. The molecule has 2 aromatic carbocycles. The third-order valence-corrected chi connectivity index (χ3v) is 2.78. The molecule has 19 heavy (non-hydrogen) atoms. The SMILES string of the molecule is COC(=O)c1cc([N+](=O)[O-])c2ccccc2c1OC. The van der Waals surface area contributed by atoms with Crippen molar-refractivity contribution in [2.75, 3.05) is 14.2 Å². The van der Waals surface area contributed by atoms with E-state index in [1.54, 1.807) is 24.3 Å². The monoisotopic (exact) mass is 261 g/mol. The number of esters is 1. The van der Waals surface area contributed by atoms with Crippen LogP contribution in [0.15, 0.2) is 30.3 Å². The van der Waals surface area contributed by atoms with Gasteiger partial charge in [0.15, 0.2) is 0 Å². The Hall–Kier alpha value is -2.63. The van der Waals surface area contributed by atoms with Crippen molar-refractivity contribution in [2.45, 2.75) is 0 Å². The van der Waals surface area contributed by atoms with Crippen molar-refractivity contribution in [1.29, 1.82) is 0 Å². The number of benzene rings is 2. The van der Waals surface area contributed by atoms with Crippen molar-refractivity contribution >= 4 is 22.4 Å². The fourth-order valence-electron chi connectivity index (χ4n) is 1.96. The first kappa shape index (κ1) is 12.8. The molecule has 2 aromatic rings. The van der Waals surface area contributed by atoms with E-state index in [1.165, 1.54) is 20.3 Å². The van der Waals surface area contributed by atoms with Crippen LogP contribution >= 0.6 is 0 Å². The second kappa shape index (κ2) is 4.93. The van der Waals surface area contributed by atoms with Crippen LogP contribution in [0.4, 0.5) is 5.69 Å². The second-order valence-corrected chi connectivity index (χ2v) is 3.77. The number of nitro groups is 1. The lowest BCUT2D eigenvalue weighted by Crippen LogP contribution is -2.06. The highest BCUT2D eigenvalue weighted by Crippen LogP contribution is 2.36. The van der Waals surface area contributed by atoms with Gasteiger partial charge in [0.05, 0.1) is 24.5 Å². The van der Waals surface area contributed by atoms with E-state index in [-0.39, 0.29) is 17.0 Å². The molecule has 0 fully saturated rings. The molecule has 0 amide bonds. The summed E-state index contributed by atoms with van der Waals surface area (Å²) < 4.78 is 9.81. The van der Waals surface area contributed by atoms with Gasteiger partial charge < -0.3 is 9.47 Å². The number of ether oxygens (including phenoxy) is 2. The van der Waals surface area contributed by atoms with Crippen LogP contribution in [0.1, 0.15) is 10.4 Å². The van der Waals surface area contributed by atoms with E-state index < -0.39 is 10.9 Å². The maximum atomic E-state index is 11.7. The number of fused-ring (bicyclic) bond motifs is 1. The molecule has 0 N–H and O–H groups in total. The quantitative estimate of drug-likeness (QED) is 0.482. The number of hydrogen-bond donors (Lipinski definition) is 0. The van der Waals surface area contributed by atoms with Crippen molar-refractivity contribution in [3.8, 4) is 5.75 Å². The topological polar surface area (TPSA) is 78.7 Å². The number of nitrogens with zero attached hydrogens (tertiary/aromatic N) is 1. The van der Waals surface area contributed by atoms with Gasteiger partial charge in [-0.05, 0) is 6.07 Å². The van der Waals surface area contributed by atoms with Crippen LogP contribution < -0.4 is 4.74 Å². The second-order valence-electron chi connectivity index (χ2n) is 3.77. The first-order valence-electron chi connectivity index (χ1n) is 5.42. The Morgan fingerprint density at radius 1 is 1.21 bits per heavy atom. The lowest BCUT2D eigenvalue weighted by molar-refractivity contribution is -0.383. The minimum atomic E-state index is -0.675. The van der Waals surface area contributed by atoms with Gasteiger partial charge in [-0.3, -0.25) is 10.1 Å². The maximum Gasteiger partial charge on any atom is 0.341 e. The zero-order chi connectivity index (χ0) is 14.0. The summed E-state index contributed by atoms with van der Waals surface area (Å²) in [6.07, 6.45) is 0. The highest BCUT2D eigenvalue weighted by Gasteiger charge is 2.23. The van der Waals surface area contributed by atoms with Crippen molar-refractivity contribution in [3.05, 3.63) is 46.0 Å². The highest BCUT2D eigenvalue weighted by molar-refractivity contribution is 6.05. The normalized spacial score (nSPS) is 10.2. The van der Waals surface area contributed by atoms with E-state index >= 15 is 0 Å². The van der Waals surface area contributed by atoms with Gasteiger partial charge in [-0.1, -0.05) is 18.2 Å². The standard InChI is InChI=1S/C13H11NO5/c1-18-12-9-6-4-3-5-8(9)11(14(16)17)7-10(12)13(15)19-2/h3-7H,1-2H3. The lowest BCUT2D eigenvalue weighted by Gasteiger charge is -2.10. The molecule has 0 aliphatic rings. The summed E-state index contributed by atoms with van der Waals surface area (Å²) in [5, 5.41) is 12.0. The van der Waals surface area contributed by atoms with Crippen molar-refractivity contribution in [1.82, 2.24) is 0 Å². The first-order valence-corrected chi connectivity index (χ1v) is 5.42. The average molecular weight is 261 g/mol. The van der Waals surface area contributed by atoms with Gasteiger partial charge in [0.25, 0.3) is 5.69 Å². The van der Waals surface area contributed by atoms with Crippen LogP contribution in [0.5, 0.6) is 5.75 Å². The molecule has 0 radical (unpaired) electrons. The molecule has 0 saturated heterocycles. The smallest absolute Gasteiger partial charge is 0.341 e. The Bertz CT molecular complexity index is 665. The van der Waals surface area contributed by atoms with Gasteiger partial charge in [-0.2, -0.15) is 0 Å². The lowest BCUT2D eigenvalue weighted by atomic mass is 10.0. The van der Waals surface area contributed by atoms with Gasteiger partial charge in [0.2, 0.25) is 0 Å². The molecule has 0 saturated carbocycles. The van der Waals surface area contributed by atoms with E-state index in [0.717, 1.165) is 0 Å². The number of methoxy groups -OCH3 is 2. The van der Waals surface area contributed by atoms with E-state index in [9.17, 15) is 14.9 Å². The first-order chi connectivity index (χ1) is 9.10. The van der Waals surface area contributed by atoms with E-state index in [2.05, 4.69) is 4.74 Å². The molecule has 6 heteroatoms. The predicted octanol–water partition coefficient (Wildman–Crippen LogP) is 2.54. The van der Waals surface area contributed by atoms with E-state index in [0.29, 0.717) is 10.8 Å². The van der Waals surface area contributed by atoms with Gasteiger partial charge in [0, 0.05) is 11.5 Å². The number of hydrogen-bond acceptors (Lipinski definition) is 5. The van der Waals surface area contributed by atoms with Crippen LogP contribution in [0, 0.1) is 10.1 Å². The average Bonchev–Trinajstić information content (AvgIpc) is 2.44. The summed E-state index contributed by atoms with van der Waals surface area (Å²) in [5.74, 6) is -0.404. The summed E-state index contributed by atoms with van der Waals surface area (Å²) in [7, 11) is 2.61. The van der Waals surface area contributed by atoms with Crippen LogP contribution in [-0.2, 0) is 4.74 Å². The fourth-order valence-corrected chi connectivity index (χ4v) is 1.96. The molecule has 0 spiro atoms. The minimum absolute atomic E-state index is 0.0374. The summed E-state index contributed by atoms with van der Waals surface area (Å²) in [6, 6.07) is 7.85. The van der Waals surface area contributed by atoms with Gasteiger partial charge >= 0.3 is 5.97 Å². The van der Waals surface area contributed by atoms with Crippen LogP contribution in [0.25, 0.3) is 10.8 Å². The summed E-state index contributed by atoms with van der Waals surface area (Å²) in [6.45, 7) is 0. The Morgan fingerprint density at radius 2 is 1.84 bits per heavy atom. The van der Waals surface area contributed by atoms with Gasteiger partial charge in [-0.15, -0.1) is 0 Å². The van der Waals surface area contributed by atoms with Crippen molar-refractivity contribution in [3.63, 3.8) is 0 Å². The Kier molecular flexibility index (Phi) is 3.33. The minimum Gasteiger partial charge on any atom is -0.495 e. The predicted molar refractivity (Wildman–Crippen MR) is 68.5 cm³/mol. The Morgan fingerprint density at radius 3 is 2.37 bits per heavy atom. The number of non-ortho nitro benzene ring substituents is 1. The number of carbonyl (C=O) groups is 1. The molecule has 98 valence electrons. The number of carbonyl (C=O) groups excluding carboxylic acids is 1. The molecule has 0 aliphatic carbocycles. The molecule has 0 aliphatic heterocycles. The largest absolute Gasteiger partial charge is 0.495 e. The number of rotatable bonds is 3. The zero-order valence-electron chi connectivity index (χ0n) is 10.4. The summed E-state index contributed by atoms with van der Waals surface area (Å²) in [4.78, 5) is 22.2.